The summed E-state index contributed by atoms with van der Waals surface area (Å²) in [6.45, 7) is 1.34. The molecule has 0 spiro atoms. The average Bonchev–Trinajstić information content (AvgIpc) is 3.04. The van der Waals surface area contributed by atoms with Crippen molar-refractivity contribution in [2.45, 2.75) is 5.72 Å². The highest BCUT2D eigenvalue weighted by molar-refractivity contribution is 6.05. The van der Waals surface area contributed by atoms with Crippen molar-refractivity contribution in [2.75, 3.05) is 13.1 Å². The molecule has 0 amide bonds. The topological polar surface area (TPSA) is 35.8 Å². The van der Waals surface area contributed by atoms with Gasteiger partial charge in [-0.2, -0.15) is 0 Å². The Morgan fingerprint density at radius 3 is 2.65 bits per heavy atom. The molecule has 0 radical (unpaired) electrons. The van der Waals surface area contributed by atoms with Gasteiger partial charge in [0, 0.05) is 23.2 Å². The van der Waals surface area contributed by atoms with E-state index in [-0.39, 0.29) is 5.82 Å². The molecule has 0 fully saturated rings. The second-order valence-electron chi connectivity index (χ2n) is 5.08. The van der Waals surface area contributed by atoms with Crippen molar-refractivity contribution in [1.82, 2.24) is 4.90 Å². The van der Waals surface area contributed by atoms with Gasteiger partial charge < -0.3 is 10.0 Å². The van der Waals surface area contributed by atoms with E-state index in [9.17, 15) is 9.50 Å². The van der Waals surface area contributed by atoms with Gasteiger partial charge in [-0.3, -0.25) is 4.99 Å². The Kier molecular flexibility index (Phi) is 2.26. The van der Waals surface area contributed by atoms with Crippen molar-refractivity contribution in [3.63, 3.8) is 0 Å². The molecule has 2 heterocycles. The Bertz CT molecular complexity index is 711. The highest BCUT2D eigenvalue weighted by atomic mass is 19.1. The molecule has 0 saturated carbocycles. The van der Waals surface area contributed by atoms with Crippen LogP contribution in [0, 0.1) is 5.82 Å². The second-order valence-corrected chi connectivity index (χ2v) is 5.08. The van der Waals surface area contributed by atoms with E-state index in [1.54, 1.807) is 12.1 Å². The molecule has 2 aromatic carbocycles. The number of halogens is 1. The highest BCUT2D eigenvalue weighted by Gasteiger charge is 2.49. The van der Waals surface area contributed by atoms with E-state index < -0.39 is 5.72 Å². The van der Waals surface area contributed by atoms with Gasteiger partial charge in [-0.05, 0) is 12.1 Å². The first-order valence-electron chi connectivity index (χ1n) is 6.61. The molecule has 2 aliphatic rings. The van der Waals surface area contributed by atoms with E-state index in [0.717, 1.165) is 17.0 Å². The van der Waals surface area contributed by atoms with Crippen LogP contribution in [0.15, 0.2) is 53.5 Å². The van der Waals surface area contributed by atoms with Gasteiger partial charge in [-0.15, -0.1) is 0 Å². The first kappa shape index (κ1) is 11.6. The molecular weight excluding hydrogens is 255 g/mol. The van der Waals surface area contributed by atoms with E-state index in [0.29, 0.717) is 18.7 Å². The zero-order valence-corrected chi connectivity index (χ0v) is 10.8. The SMILES string of the molecule is OC1(c2ccc(F)cc2)c2ccccc2C2=NCCN21. The molecule has 1 N–H and O–H groups in total. The minimum absolute atomic E-state index is 0.307. The standard InChI is InChI=1S/C16H13FN2O/c17-12-7-5-11(6-8-12)16(20)14-4-2-1-3-13(14)15-18-9-10-19(15)16/h1-8,20H,9-10H2. The van der Waals surface area contributed by atoms with Crippen LogP contribution in [0.2, 0.25) is 0 Å². The Labute approximate surface area is 116 Å². The molecule has 3 nitrogen and oxygen atoms in total. The van der Waals surface area contributed by atoms with Gasteiger partial charge in [0.05, 0.1) is 6.54 Å². The number of rotatable bonds is 1. The van der Waals surface area contributed by atoms with Gasteiger partial charge in [0.1, 0.15) is 11.7 Å². The van der Waals surface area contributed by atoms with E-state index >= 15 is 0 Å². The maximum atomic E-state index is 13.1. The van der Waals surface area contributed by atoms with Crippen LogP contribution in [0.4, 0.5) is 4.39 Å². The zero-order chi connectivity index (χ0) is 13.7. The van der Waals surface area contributed by atoms with Crippen molar-refractivity contribution in [1.29, 1.82) is 0 Å². The minimum atomic E-state index is -1.25. The summed E-state index contributed by atoms with van der Waals surface area (Å²) in [4.78, 5) is 6.38. The quantitative estimate of drug-likeness (QED) is 0.859. The van der Waals surface area contributed by atoms with Crippen LogP contribution in [0.5, 0.6) is 0 Å². The van der Waals surface area contributed by atoms with Gasteiger partial charge in [-0.1, -0.05) is 36.4 Å². The molecule has 0 saturated heterocycles. The van der Waals surface area contributed by atoms with Crippen molar-refractivity contribution < 1.29 is 9.50 Å². The first-order valence-corrected chi connectivity index (χ1v) is 6.61. The summed E-state index contributed by atoms with van der Waals surface area (Å²) in [5.41, 5.74) is 1.18. The second kappa shape index (κ2) is 3.90. The van der Waals surface area contributed by atoms with E-state index in [1.165, 1.54) is 12.1 Å². The molecular formula is C16H13FN2O. The van der Waals surface area contributed by atoms with E-state index in [1.807, 2.05) is 29.2 Å². The van der Waals surface area contributed by atoms with Gasteiger partial charge in [-0.25, -0.2) is 4.39 Å². The molecule has 1 atom stereocenters. The van der Waals surface area contributed by atoms with Gasteiger partial charge in [0.25, 0.3) is 0 Å². The molecule has 20 heavy (non-hydrogen) atoms. The lowest BCUT2D eigenvalue weighted by molar-refractivity contribution is -0.0242. The molecule has 0 aliphatic carbocycles. The van der Waals surface area contributed by atoms with Crippen LogP contribution < -0.4 is 0 Å². The zero-order valence-electron chi connectivity index (χ0n) is 10.8. The fourth-order valence-corrected chi connectivity index (χ4v) is 3.11. The lowest BCUT2D eigenvalue weighted by Crippen LogP contribution is -2.43. The fraction of sp³-hybridized carbons (Fsp3) is 0.188. The third-order valence-corrected chi connectivity index (χ3v) is 4.02. The van der Waals surface area contributed by atoms with E-state index in [2.05, 4.69) is 4.99 Å². The maximum Gasteiger partial charge on any atom is 0.193 e. The third-order valence-electron chi connectivity index (χ3n) is 4.02. The number of hydrogen-bond donors (Lipinski definition) is 1. The summed E-state index contributed by atoms with van der Waals surface area (Å²) in [5, 5.41) is 11.3. The number of amidine groups is 1. The first-order chi connectivity index (χ1) is 9.71. The van der Waals surface area contributed by atoms with Crippen molar-refractivity contribution in [3.8, 4) is 0 Å². The number of hydrogen-bond acceptors (Lipinski definition) is 3. The number of benzene rings is 2. The molecule has 100 valence electrons. The molecule has 4 rings (SSSR count). The molecule has 0 aromatic heterocycles. The Morgan fingerprint density at radius 1 is 1.10 bits per heavy atom. The van der Waals surface area contributed by atoms with Crippen LogP contribution in [-0.4, -0.2) is 28.9 Å². The largest absolute Gasteiger partial charge is 0.363 e. The minimum Gasteiger partial charge on any atom is -0.363 e. The van der Waals surface area contributed by atoms with Crippen LogP contribution in [-0.2, 0) is 5.72 Å². The normalized spacial score (nSPS) is 23.5. The number of fused-ring (bicyclic) bond motifs is 3. The maximum absolute atomic E-state index is 13.1. The monoisotopic (exact) mass is 268 g/mol. The van der Waals surface area contributed by atoms with Crippen LogP contribution in [0.1, 0.15) is 16.7 Å². The number of aliphatic imine (C=N–C) groups is 1. The van der Waals surface area contributed by atoms with E-state index in [4.69, 9.17) is 0 Å². The predicted octanol–water partition coefficient (Wildman–Crippen LogP) is 2.09. The van der Waals surface area contributed by atoms with Gasteiger partial charge in [0.2, 0.25) is 0 Å². The van der Waals surface area contributed by atoms with Crippen molar-refractivity contribution >= 4 is 5.84 Å². The summed E-state index contributed by atoms with van der Waals surface area (Å²) >= 11 is 0. The van der Waals surface area contributed by atoms with Gasteiger partial charge >= 0.3 is 0 Å². The summed E-state index contributed by atoms with van der Waals surface area (Å²) in [6, 6.07) is 13.7. The molecule has 2 aliphatic heterocycles. The summed E-state index contributed by atoms with van der Waals surface area (Å²) in [6.07, 6.45) is 0. The average molecular weight is 268 g/mol. The summed E-state index contributed by atoms with van der Waals surface area (Å²) in [7, 11) is 0. The molecule has 1 unspecified atom stereocenters. The summed E-state index contributed by atoms with van der Waals surface area (Å²) < 4.78 is 13.1. The highest BCUT2D eigenvalue weighted by Crippen LogP contribution is 2.43. The van der Waals surface area contributed by atoms with Crippen LogP contribution in [0.3, 0.4) is 0 Å². The summed E-state index contributed by atoms with van der Waals surface area (Å²) in [5.74, 6) is 0.520. The van der Waals surface area contributed by atoms with Gasteiger partial charge in [0.15, 0.2) is 5.72 Å². The van der Waals surface area contributed by atoms with Crippen molar-refractivity contribution in [2.24, 2.45) is 4.99 Å². The molecule has 4 heteroatoms. The van der Waals surface area contributed by atoms with Crippen molar-refractivity contribution in [3.05, 3.63) is 71.0 Å². The molecule has 2 aromatic rings. The Balaban J connectivity index is 1.97. The van der Waals surface area contributed by atoms with Crippen LogP contribution in [0.25, 0.3) is 0 Å². The van der Waals surface area contributed by atoms with Crippen LogP contribution >= 0.6 is 0 Å². The number of nitrogens with zero attached hydrogens (tertiary/aromatic N) is 2. The Hall–Kier alpha value is -2.20. The fourth-order valence-electron chi connectivity index (χ4n) is 3.11. The smallest absolute Gasteiger partial charge is 0.193 e. The lowest BCUT2D eigenvalue weighted by atomic mass is 9.93. The Morgan fingerprint density at radius 2 is 1.85 bits per heavy atom. The number of aliphatic hydroxyl groups is 1. The molecule has 0 bridgehead atoms. The predicted molar refractivity (Wildman–Crippen MR) is 74.0 cm³/mol. The lowest BCUT2D eigenvalue weighted by Gasteiger charge is -2.33. The third kappa shape index (κ3) is 1.34.